The molecule has 3 aliphatic carbocycles. The number of carbonyl (C=O) groups is 12. The highest BCUT2D eigenvalue weighted by atomic mass is 16.2. The molecule has 3 saturated carbocycles. The summed E-state index contributed by atoms with van der Waals surface area (Å²) in [4.78, 5) is 227. The van der Waals surface area contributed by atoms with Crippen molar-refractivity contribution < 1.29 is 57.5 Å². The number of nitrogens with zero attached hydrogens (tertiary/aromatic N) is 18. The maximum atomic E-state index is 14.2. The summed E-state index contributed by atoms with van der Waals surface area (Å²) in [6.45, 7) is 0. The van der Waals surface area contributed by atoms with Crippen molar-refractivity contribution in [2.45, 2.75) is 0 Å². The predicted molar refractivity (Wildman–Crippen MR) is 554 cm³/mol. The number of hydrogen-bond donors (Lipinski definition) is 0. The average molecular weight is 1960 g/mol. The second kappa shape index (κ2) is 37.3. The summed E-state index contributed by atoms with van der Waals surface area (Å²) in [5, 5.41) is 0. The molecule has 720 valence electrons. The van der Waals surface area contributed by atoms with Gasteiger partial charge in [-0.05, 0) is 295 Å². The van der Waals surface area contributed by atoms with Gasteiger partial charge in [0.15, 0.2) is 0 Å². The standard InChI is InChI=1S/3C40H26N6O4/c47-37-33-34(38(48)45(37)31-15-27(23-5-1-9-41-19-23)13-28(16-31)24-6-2-10-42-20-24)36-35(33)39(49)46(40(36)50)32-17-29(25-7-3-11-43-21-25)14-30(18-32)26-8-4-12-44-22-26;2*47-37-33-34(38(48)45(37)31-17-27(23-5-11-41-12-6-23)15-29(19-31)25-3-1-9-43-21-25)36-35(33)39(49)46(40(36)50)32-18-28(24-7-13-42-14-8-24)16-30(20-32)26-4-2-10-44-22-26/h3*1-22,33-36H. The number of benzene rings is 6. The number of imide groups is 6. The maximum Gasteiger partial charge on any atom is 0.238 e. The molecule has 27 rings (SSSR count). The Morgan fingerprint density at radius 2 is 0.233 bits per heavy atom. The molecule has 12 aromatic heterocycles. The van der Waals surface area contributed by atoms with E-state index in [4.69, 9.17) is 0 Å². The second-order valence-electron chi connectivity index (χ2n) is 37.9. The van der Waals surface area contributed by atoms with E-state index in [1.807, 2.05) is 182 Å². The molecule has 0 bridgehead atoms. The summed E-state index contributed by atoms with van der Waals surface area (Å²) in [6.07, 6.45) is 40.5. The van der Waals surface area contributed by atoms with Crippen LogP contribution < -0.4 is 29.4 Å². The van der Waals surface area contributed by atoms with Crippen LogP contribution in [0.3, 0.4) is 0 Å². The first kappa shape index (κ1) is 91.2. The zero-order chi connectivity index (χ0) is 102. The molecule has 150 heavy (non-hydrogen) atoms. The van der Waals surface area contributed by atoms with Gasteiger partial charge in [0.2, 0.25) is 70.9 Å². The zero-order valence-corrected chi connectivity index (χ0v) is 79.0. The molecular formula is C120H78N18O12. The Balaban J connectivity index is 0.000000116. The lowest BCUT2D eigenvalue weighted by atomic mass is 9.59. The fraction of sp³-hybridized carbons (Fsp3) is 0.100. The molecular weight excluding hydrogens is 1890 g/mol. The maximum absolute atomic E-state index is 14.2. The van der Waals surface area contributed by atoms with Crippen molar-refractivity contribution in [1.82, 2.24) is 59.8 Å². The largest absolute Gasteiger partial charge is 0.274 e. The van der Waals surface area contributed by atoms with E-state index in [0.717, 1.165) is 163 Å². The number of rotatable bonds is 18. The minimum absolute atomic E-state index is 0.370. The Morgan fingerprint density at radius 3 is 0.340 bits per heavy atom. The van der Waals surface area contributed by atoms with E-state index in [-0.39, 0.29) is 0 Å². The van der Waals surface area contributed by atoms with Crippen LogP contribution in [-0.4, -0.2) is 131 Å². The molecule has 6 aliphatic heterocycles. The fourth-order valence-electron chi connectivity index (χ4n) is 22.8. The molecule has 12 amide bonds. The van der Waals surface area contributed by atoms with Crippen molar-refractivity contribution in [2.75, 3.05) is 29.4 Å². The highest BCUT2D eigenvalue weighted by Crippen LogP contribution is 2.62. The van der Waals surface area contributed by atoms with Crippen LogP contribution in [0.4, 0.5) is 34.1 Å². The van der Waals surface area contributed by atoms with Gasteiger partial charge in [0.25, 0.3) is 0 Å². The Hall–Kier alpha value is -20.0. The van der Waals surface area contributed by atoms with Gasteiger partial charge in [-0.15, -0.1) is 0 Å². The summed E-state index contributed by atoms with van der Waals surface area (Å²) in [6, 6.07) is 77.6. The highest BCUT2D eigenvalue weighted by Gasteiger charge is 2.77. The summed E-state index contributed by atoms with van der Waals surface area (Å²) >= 11 is 0. The van der Waals surface area contributed by atoms with Gasteiger partial charge in [0.1, 0.15) is 0 Å². The van der Waals surface area contributed by atoms with Gasteiger partial charge in [-0.3, -0.25) is 117 Å². The molecule has 0 atom stereocenters. The molecule has 6 aromatic carbocycles. The lowest BCUT2D eigenvalue weighted by Crippen LogP contribution is -2.50. The molecule has 0 radical (unpaired) electrons. The van der Waals surface area contributed by atoms with Gasteiger partial charge in [-0.1, -0.05) is 48.5 Å². The molecule has 30 heteroatoms. The first-order valence-electron chi connectivity index (χ1n) is 48.5. The normalized spacial score (nSPS) is 20.9. The number of hydrogen-bond acceptors (Lipinski definition) is 24. The topological polar surface area (TPSA) is 379 Å². The smallest absolute Gasteiger partial charge is 0.238 e. The number of amides is 12. The van der Waals surface area contributed by atoms with Crippen molar-refractivity contribution >= 4 is 105 Å². The predicted octanol–water partition coefficient (Wildman–Crippen LogP) is 17.6. The van der Waals surface area contributed by atoms with Crippen LogP contribution in [0.15, 0.2) is 404 Å². The summed E-state index contributed by atoms with van der Waals surface area (Å²) < 4.78 is 0. The summed E-state index contributed by atoms with van der Waals surface area (Å²) in [7, 11) is 0. The van der Waals surface area contributed by atoms with E-state index in [1.165, 1.54) is 0 Å². The fourth-order valence-corrected chi connectivity index (χ4v) is 22.8. The number of carbonyl (C=O) groups excluding carboxylic acids is 12. The quantitative estimate of drug-likeness (QED) is 0.0720. The minimum Gasteiger partial charge on any atom is -0.274 e. The third-order valence-electron chi connectivity index (χ3n) is 29.8. The van der Waals surface area contributed by atoms with Crippen LogP contribution in [0, 0.1) is 71.0 Å². The van der Waals surface area contributed by atoms with Crippen molar-refractivity contribution in [3.8, 4) is 134 Å². The Labute approximate surface area is 854 Å². The number of aromatic nitrogens is 12. The number of pyridine rings is 12. The van der Waals surface area contributed by atoms with Gasteiger partial charge in [-0.2, -0.15) is 0 Å². The molecule has 30 nitrogen and oxygen atoms in total. The van der Waals surface area contributed by atoms with Crippen LogP contribution in [0.25, 0.3) is 134 Å². The van der Waals surface area contributed by atoms with Crippen molar-refractivity contribution in [3.05, 3.63) is 404 Å². The van der Waals surface area contributed by atoms with Gasteiger partial charge < -0.3 is 0 Å². The second-order valence-corrected chi connectivity index (χ2v) is 37.9. The van der Waals surface area contributed by atoms with E-state index in [9.17, 15) is 57.5 Å². The molecule has 9 fully saturated rings. The van der Waals surface area contributed by atoms with Crippen LogP contribution in [0.1, 0.15) is 0 Å². The van der Waals surface area contributed by atoms with Gasteiger partial charge in [0, 0.05) is 193 Å². The molecule has 0 unspecified atom stereocenters. The summed E-state index contributed by atoms with van der Waals surface area (Å²) in [5.41, 5.74) is 21.3. The van der Waals surface area contributed by atoms with E-state index in [1.54, 1.807) is 222 Å². The van der Waals surface area contributed by atoms with E-state index < -0.39 is 142 Å². The minimum atomic E-state index is -0.933. The van der Waals surface area contributed by atoms with Crippen LogP contribution in [0.2, 0.25) is 0 Å². The molecule has 18 aromatic rings. The Kier molecular flexibility index (Phi) is 22.7. The van der Waals surface area contributed by atoms with Crippen molar-refractivity contribution in [2.24, 2.45) is 71.0 Å². The van der Waals surface area contributed by atoms with Crippen LogP contribution >= 0.6 is 0 Å². The van der Waals surface area contributed by atoms with Crippen LogP contribution in [-0.2, 0) is 57.5 Å². The number of fused-ring (bicyclic) bond motifs is 12. The third-order valence-corrected chi connectivity index (χ3v) is 29.8. The Bertz CT molecular complexity index is 6810. The van der Waals surface area contributed by atoms with E-state index >= 15 is 0 Å². The monoisotopic (exact) mass is 1960 g/mol. The molecule has 0 N–H and O–H groups in total. The average Bonchev–Trinajstić information content (AvgIpc) is 1.52. The van der Waals surface area contributed by atoms with Crippen LogP contribution in [0.5, 0.6) is 0 Å². The summed E-state index contributed by atoms with van der Waals surface area (Å²) in [5.74, 6) is -16.9. The highest BCUT2D eigenvalue weighted by molar-refractivity contribution is 6.36. The Morgan fingerprint density at radius 1 is 0.120 bits per heavy atom. The lowest BCUT2D eigenvalue weighted by molar-refractivity contribution is -0.146. The van der Waals surface area contributed by atoms with Gasteiger partial charge >= 0.3 is 0 Å². The molecule has 18 heterocycles. The SMILES string of the molecule is O=C1C2C(C(=O)N1c1cc(-c3cccnc3)cc(-c3cccnc3)c1)C1C(=O)N(c3cc(-c4cccnc4)cc(-c4cccnc4)c3)C(=O)C21.O=C1C2C(C(=O)N1c1cc(-c3ccncc3)cc(-c3cccnc3)c1)C1C(=O)N(c3cc(-c4ccncc4)cc(-c4cccnc4)c3)C(=O)C21.O=C1C2C(C(=O)N1c1cc(-c3ccncc3)cc(-c3cccnc3)c1)C1C(=O)N(c3cc(-c4ccncc4)cc(-c4cccnc4)c3)C(=O)C21. The molecule has 9 aliphatic rings. The molecule has 6 saturated heterocycles. The van der Waals surface area contributed by atoms with Crippen molar-refractivity contribution in [1.29, 1.82) is 0 Å². The van der Waals surface area contributed by atoms with Gasteiger partial charge in [-0.25, -0.2) is 29.4 Å². The molecule has 0 spiro atoms. The van der Waals surface area contributed by atoms with E-state index in [0.29, 0.717) is 34.1 Å². The first-order valence-corrected chi connectivity index (χ1v) is 48.5. The third kappa shape index (κ3) is 15.6. The van der Waals surface area contributed by atoms with Gasteiger partial charge in [0.05, 0.1) is 105 Å². The number of anilines is 6. The lowest BCUT2D eigenvalue weighted by Gasteiger charge is -2.36. The van der Waals surface area contributed by atoms with Crippen molar-refractivity contribution in [3.63, 3.8) is 0 Å². The first-order chi connectivity index (χ1) is 73.4. The zero-order valence-electron chi connectivity index (χ0n) is 79.0. The van der Waals surface area contributed by atoms with E-state index in [2.05, 4.69) is 59.8 Å².